The Morgan fingerprint density at radius 1 is 1.55 bits per heavy atom. The van der Waals surface area contributed by atoms with Crippen molar-refractivity contribution in [2.45, 2.75) is 26.8 Å². The highest BCUT2D eigenvalue weighted by atomic mass is 32.2. The van der Waals surface area contributed by atoms with Gasteiger partial charge in [0.2, 0.25) is 10.0 Å². The summed E-state index contributed by atoms with van der Waals surface area (Å²) in [4.78, 5) is 0. The second kappa shape index (κ2) is 3.88. The topological polar surface area (TPSA) is 37.4 Å². The van der Waals surface area contributed by atoms with Crippen molar-refractivity contribution in [3.63, 3.8) is 0 Å². The fraction of sp³-hybridized carbons (Fsp3) is 0.714. The molecule has 0 rings (SSSR count). The van der Waals surface area contributed by atoms with Crippen LogP contribution in [0.2, 0.25) is 0 Å². The molecule has 0 bridgehead atoms. The van der Waals surface area contributed by atoms with E-state index in [9.17, 15) is 8.42 Å². The van der Waals surface area contributed by atoms with Gasteiger partial charge < -0.3 is 0 Å². The molecule has 0 aliphatic rings. The molecule has 4 heteroatoms. The first-order valence-corrected chi connectivity index (χ1v) is 5.10. The van der Waals surface area contributed by atoms with Crippen LogP contribution < -0.4 is 0 Å². The molecule has 0 aromatic carbocycles. The fourth-order valence-electron chi connectivity index (χ4n) is 0.935. The Hall–Kier alpha value is -0.350. The number of hydrogen-bond donors (Lipinski definition) is 0. The SMILES string of the molecule is C=CS(=O)(=O)N(CC)C(C)C. The summed E-state index contributed by atoms with van der Waals surface area (Å²) in [7, 11) is -3.21. The van der Waals surface area contributed by atoms with E-state index in [4.69, 9.17) is 0 Å². The van der Waals surface area contributed by atoms with Crippen LogP contribution in [0.1, 0.15) is 20.8 Å². The molecular formula is C7H15NO2S. The molecule has 0 atom stereocenters. The first-order valence-electron chi connectivity index (χ1n) is 3.60. The predicted molar refractivity (Wildman–Crippen MR) is 46.6 cm³/mol. The van der Waals surface area contributed by atoms with Crippen molar-refractivity contribution in [1.82, 2.24) is 4.31 Å². The van der Waals surface area contributed by atoms with Crippen LogP contribution in [0.4, 0.5) is 0 Å². The monoisotopic (exact) mass is 177 g/mol. The quantitative estimate of drug-likeness (QED) is 0.647. The van der Waals surface area contributed by atoms with Crippen molar-refractivity contribution in [2.75, 3.05) is 6.54 Å². The summed E-state index contributed by atoms with van der Waals surface area (Å²) in [6.07, 6.45) is 0. The van der Waals surface area contributed by atoms with Crippen molar-refractivity contribution >= 4 is 10.0 Å². The lowest BCUT2D eigenvalue weighted by Gasteiger charge is -2.21. The minimum atomic E-state index is -3.21. The average Bonchev–Trinajstić information content (AvgIpc) is 1.88. The number of hydrogen-bond acceptors (Lipinski definition) is 2. The Morgan fingerprint density at radius 3 is 2.09 bits per heavy atom. The van der Waals surface area contributed by atoms with Crippen molar-refractivity contribution in [3.8, 4) is 0 Å². The van der Waals surface area contributed by atoms with E-state index in [1.807, 2.05) is 13.8 Å². The number of sulfonamides is 1. The van der Waals surface area contributed by atoms with E-state index in [-0.39, 0.29) is 6.04 Å². The van der Waals surface area contributed by atoms with Crippen LogP contribution in [0, 0.1) is 0 Å². The smallest absolute Gasteiger partial charge is 0.208 e. The molecule has 11 heavy (non-hydrogen) atoms. The van der Waals surface area contributed by atoms with Crippen molar-refractivity contribution in [1.29, 1.82) is 0 Å². The van der Waals surface area contributed by atoms with E-state index in [0.717, 1.165) is 5.41 Å². The van der Waals surface area contributed by atoms with Crippen molar-refractivity contribution in [2.24, 2.45) is 0 Å². The molecule has 66 valence electrons. The lowest BCUT2D eigenvalue weighted by molar-refractivity contribution is 0.374. The first kappa shape index (κ1) is 10.7. The van der Waals surface area contributed by atoms with Crippen LogP contribution in [0.25, 0.3) is 0 Å². The fourth-order valence-corrected chi connectivity index (χ4v) is 2.07. The molecule has 3 nitrogen and oxygen atoms in total. The van der Waals surface area contributed by atoms with E-state index in [1.54, 1.807) is 6.92 Å². The Morgan fingerprint density at radius 2 is 2.00 bits per heavy atom. The molecular weight excluding hydrogens is 162 g/mol. The molecule has 0 aliphatic heterocycles. The zero-order valence-electron chi connectivity index (χ0n) is 7.24. The standard InChI is InChI=1S/C7H15NO2S/c1-5-8(7(3)4)11(9,10)6-2/h6-7H,2,5H2,1,3-4H3. The Labute approximate surface area is 68.8 Å². The molecule has 0 aromatic heterocycles. The highest BCUT2D eigenvalue weighted by molar-refractivity contribution is 7.92. The van der Waals surface area contributed by atoms with Crippen LogP contribution in [0.3, 0.4) is 0 Å². The minimum Gasteiger partial charge on any atom is -0.208 e. The Balaban J connectivity index is 4.65. The zero-order chi connectivity index (χ0) is 9.07. The van der Waals surface area contributed by atoms with Gasteiger partial charge in [0.1, 0.15) is 0 Å². The van der Waals surface area contributed by atoms with Crippen LogP contribution in [0.5, 0.6) is 0 Å². The second-order valence-corrected chi connectivity index (χ2v) is 4.34. The van der Waals surface area contributed by atoms with Gasteiger partial charge >= 0.3 is 0 Å². The highest BCUT2D eigenvalue weighted by Gasteiger charge is 2.18. The third-order valence-electron chi connectivity index (χ3n) is 1.43. The average molecular weight is 177 g/mol. The maximum Gasteiger partial charge on any atom is 0.235 e. The van der Waals surface area contributed by atoms with Gasteiger partial charge in [-0.25, -0.2) is 8.42 Å². The van der Waals surface area contributed by atoms with E-state index in [2.05, 4.69) is 6.58 Å². The van der Waals surface area contributed by atoms with Crippen LogP contribution >= 0.6 is 0 Å². The summed E-state index contributed by atoms with van der Waals surface area (Å²) in [5.74, 6) is 0. The molecule has 0 aromatic rings. The normalized spacial score (nSPS) is 12.5. The summed E-state index contributed by atoms with van der Waals surface area (Å²) in [6.45, 7) is 9.23. The van der Waals surface area contributed by atoms with Crippen molar-refractivity contribution < 1.29 is 8.42 Å². The molecule has 0 fully saturated rings. The second-order valence-electron chi connectivity index (χ2n) is 2.51. The van der Waals surface area contributed by atoms with Crippen molar-refractivity contribution in [3.05, 3.63) is 12.0 Å². The molecule has 0 aliphatic carbocycles. The lowest BCUT2D eigenvalue weighted by Crippen LogP contribution is -2.35. The van der Waals surface area contributed by atoms with E-state index in [0.29, 0.717) is 6.54 Å². The van der Waals surface area contributed by atoms with Gasteiger partial charge in [-0.15, -0.1) is 0 Å². The zero-order valence-corrected chi connectivity index (χ0v) is 8.06. The molecule has 0 heterocycles. The molecule has 0 N–H and O–H groups in total. The van der Waals surface area contributed by atoms with E-state index in [1.165, 1.54) is 4.31 Å². The number of nitrogens with zero attached hydrogens (tertiary/aromatic N) is 1. The molecule has 0 spiro atoms. The third kappa shape index (κ3) is 2.63. The lowest BCUT2D eigenvalue weighted by atomic mass is 10.4. The predicted octanol–water partition coefficient (Wildman–Crippen LogP) is 1.19. The molecule has 0 radical (unpaired) electrons. The summed E-state index contributed by atoms with van der Waals surface area (Å²) >= 11 is 0. The van der Waals surface area contributed by atoms with Gasteiger partial charge in [-0.05, 0) is 13.8 Å². The van der Waals surface area contributed by atoms with Gasteiger partial charge in [-0.1, -0.05) is 13.5 Å². The van der Waals surface area contributed by atoms with Gasteiger partial charge in [-0.2, -0.15) is 4.31 Å². The largest absolute Gasteiger partial charge is 0.235 e. The summed E-state index contributed by atoms with van der Waals surface area (Å²) in [6, 6.07) is 0.00278. The molecule has 0 saturated carbocycles. The molecule has 0 amide bonds. The molecule has 0 unspecified atom stereocenters. The molecule has 0 saturated heterocycles. The van der Waals surface area contributed by atoms with E-state index < -0.39 is 10.0 Å². The van der Waals surface area contributed by atoms with E-state index >= 15 is 0 Å². The minimum absolute atomic E-state index is 0.00278. The summed E-state index contributed by atoms with van der Waals surface area (Å²) in [5.41, 5.74) is 0. The Bertz CT molecular complexity index is 219. The summed E-state index contributed by atoms with van der Waals surface area (Å²) < 4.78 is 23.7. The van der Waals surface area contributed by atoms with Gasteiger partial charge in [0.05, 0.1) is 0 Å². The number of rotatable bonds is 4. The van der Waals surface area contributed by atoms with Gasteiger partial charge in [0.25, 0.3) is 0 Å². The maximum absolute atomic E-state index is 11.2. The Kier molecular flexibility index (Phi) is 3.75. The van der Waals surface area contributed by atoms with Gasteiger partial charge in [0.15, 0.2) is 0 Å². The van der Waals surface area contributed by atoms with Crippen LogP contribution in [-0.2, 0) is 10.0 Å². The highest BCUT2D eigenvalue weighted by Crippen LogP contribution is 2.06. The third-order valence-corrected chi connectivity index (χ3v) is 3.18. The van der Waals surface area contributed by atoms with Crippen LogP contribution in [0.15, 0.2) is 12.0 Å². The maximum atomic E-state index is 11.2. The van der Waals surface area contributed by atoms with Gasteiger partial charge in [-0.3, -0.25) is 0 Å². The first-order chi connectivity index (χ1) is 4.95. The van der Waals surface area contributed by atoms with Gasteiger partial charge in [0, 0.05) is 18.0 Å². The summed E-state index contributed by atoms with van der Waals surface area (Å²) in [5, 5.41) is 0.983. The van der Waals surface area contributed by atoms with Crippen LogP contribution in [-0.4, -0.2) is 25.3 Å².